The molecule has 1 unspecified atom stereocenters. The maximum Gasteiger partial charge on any atom is 0.343 e. The number of rotatable bonds is 15. The van der Waals surface area contributed by atoms with E-state index in [0.717, 1.165) is 29.5 Å². The van der Waals surface area contributed by atoms with Crippen LogP contribution in [0.1, 0.15) is 46.8 Å². The lowest BCUT2D eigenvalue weighted by molar-refractivity contribution is -0.304. The third kappa shape index (κ3) is 9.65. The summed E-state index contributed by atoms with van der Waals surface area (Å²) in [6.45, 7) is 3.23. The van der Waals surface area contributed by atoms with Gasteiger partial charge in [0.25, 0.3) is 0 Å². The summed E-state index contributed by atoms with van der Waals surface area (Å²) < 4.78 is 39.0. The molecule has 1 saturated heterocycles. The van der Waals surface area contributed by atoms with Gasteiger partial charge in [-0.15, -0.1) is 0 Å². The SMILES string of the molecule is CCC[C@H]1OC(Oc2ccc(OC(=O)c3ccccc3)cc2)[C@H](OCc2ccccc2)[C@@H](OCc2ccccc2)[C@@H]1OCc1ccccc1. The zero-order chi connectivity index (χ0) is 33.7. The fourth-order valence-corrected chi connectivity index (χ4v) is 5.82. The summed E-state index contributed by atoms with van der Waals surface area (Å²) in [6, 6.07) is 46.0. The summed E-state index contributed by atoms with van der Waals surface area (Å²) in [5.74, 6) is 0.519. The Bertz CT molecular complexity index is 1680. The number of carbonyl (C=O) groups excluding carboxylic acids is 1. The van der Waals surface area contributed by atoms with E-state index in [1.807, 2.05) is 84.9 Å². The summed E-state index contributed by atoms with van der Waals surface area (Å²) in [7, 11) is 0. The van der Waals surface area contributed by atoms with Crippen LogP contribution >= 0.6 is 0 Å². The molecule has 49 heavy (non-hydrogen) atoms. The van der Waals surface area contributed by atoms with E-state index in [9.17, 15) is 4.79 Å². The fourth-order valence-electron chi connectivity index (χ4n) is 5.82. The van der Waals surface area contributed by atoms with Crippen LogP contribution in [0, 0.1) is 0 Å². The second-order valence-corrected chi connectivity index (χ2v) is 12.0. The van der Waals surface area contributed by atoms with Crippen LogP contribution in [0.4, 0.5) is 0 Å². The van der Waals surface area contributed by atoms with Crippen molar-refractivity contribution < 1.29 is 33.2 Å². The van der Waals surface area contributed by atoms with Crippen molar-refractivity contribution in [2.45, 2.75) is 70.3 Å². The lowest BCUT2D eigenvalue weighted by Gasteiger charge is -2.46. The summed E-state index contributed by atoms with van der Waals surface area (Å²) in [5, 5.41) is 0. The summed E-state index contributed by atoms with van der Waals surface area (Å²) in [6.07, 6.45) is -1.10. The average molecular weight is 659 g/mol. The lowest BCUT2D eigenvalue weighted by atomic mass is 9.95. The van der Waals surface area contributed by atoms with Gasteiger partial charge in [-0.2, -0.15) is 0 Å². The van der Waals surface area contributed by atoms with E-state index >= 15 is 0 Å². The Hall–Kier alpha value is -4.79. The van der Waals surface area contributed by atoms with Gasteiger partial charge in [0.2, 0.25) is 6.29 Å². The number of esters is 1. The van der Waals surface area contributed by atoms with Crippen LogP contribution in [0.5, 0.6) is 11.5 Å². The van der Waals surface area contributed by atoms with E-state index in [-0.39, 0.29) is 6.10 Å². The number of benzene rings is 5. The van der Waals surface area contributed by atoms with Gasteiger partial charge in [-0.25, -0.2) is 4.79 Å². The van der Waals surface area contributed by atoms with Crippen LogP contribution in [0.2, 0.25) is 0 Å². The third-order valence-corrected chi connectivity index (χ3v) is 8.32. The van der Waals surface area contributed by atoms with Crippen molar-refractivity contribution in [1.82, 2.24) is 0 Å². The summed E-state index contributed by atoms with van der Waals surface area (Å²) in [5.41, 5.74) is 3.60. The minimum absolute atomic E-state index is 0.317. The molecule has 0 radical (unpaired) electrons. The predicted molar refractivity (Wildman–Crippen MR) is 187 cm³/mol. The normalized spacial score (nSPS) is 20.4. The van der Waals surface area contributed by atoms with E-state index in [1.165, 1.54) is 0 Å². The van der Waals surface area contributed by atoms with Crippen molar-refractivity contribution in [3.63, 3.8) is 0 Å². The maximum atomic E-state index is 12.6. The first kappa shape index (κ1) is 34.1. The van der Waals surface area contributed by atoms with Crippen LogP contribution in [-0.4, -0.2) is 36.7 Å². The van der Waals surface area contributed by atoms with Crippen molar-refractivity contribution in [3.05, 3.63) is 168 Å². The first-order chi connectivity index (χ1) is 24.2. The molecule has 5 atom stereocenters. The van der Waals surface area contributed by atoms with Crippen molar-refractivity contribution in [2.24, 2.45) is 0 Å². The van der Waals surface area contributed by atoms with Gasteiger partial charge < -0.3 is 28.4 Å². The molecule has 0 bridgehead atoms. The van der Waals surface area contributed by atoms with Gasteiger partial charge in [-0.3, -0.25) is 0 Å². The van der Waals surface area contributed by atoms with Crippen molar-refractivity contribution in [2.75, 3.05) is 0 Å². The van der Waals surface area contributed by atoms with E-state index in [4.69, 9.17) is 28.4 Å². The zero-order valence-corrected chi connectivity index (χ0v) is 27.6. The summed E-state index contributed by atoms with van der Waals surface area (Å²) >= 11 is 0. The standard InChI is InChI=1S/C42H42O7/c1-2-15-37-38(44-28-31-16-7-3-8-17-31)39(45-29-32-18-9-4-10-19-32)40(46-30-33-20-11-5-12-21-33)42(49-37)48-36-26-24-35(25-27-36)47-41(43)34-22-13-6-14-23-34/h3-14,16-27,37-40,42H,2,15,28-30H2,1H3/t37-,38-,39+,40-,42?/m1/s1. The molecule has 5 aromatic rings. The van der Waals surface area contributed by atoms with Crippen LogP contribution in [0.15, 0.2) is 146 Å². The third-order valence-electron chi connectivity index (χ3n) is 8.32. The zero-order valence-electron chi connectivity index (χ0n) is 27.6. The van der Waals surface area contributed by atoms with Crippen LogP contribution < -0.4 is 9.47 Å². The molecule has 7 nitrogen and oxygen atoms in total. The van der Waals surface area contributed by atoms with E-state index in [1.54, 1.807) is 48.5 Å². The van der Waals surface area contributed by atoms with Gasteiger partial charge in [0.1, 0.15) is 29.8 Å². The first-order valence-electron chi connectivity index (χ1n) is 16.8. The quantitative estimate of drug-likeness (QED) is 0.0825. The molecule has 1 aliphatic heterocycles. The Morgan fingerprint density at radius 3 is 1.51 bits per heavy atom. The van der Waals surface area contributed by atoms with Gasteiger partial charge >= 0.3 is 5.97 Å². The molecule has 1 aliphatic rings. The molecular formula is C42H42O7. The Morgan fingerprint density at radius 2 is 1.00 bits per heavy atom. The van der Waals surface area contributed by atoms with E-state index < -0.39 is 30.6 Å². The molecule has 252 valence electrons. The molecule has 0 N–H and O–H groups in total. The predicted octanol–water partition coefficient (Wildman–Crippen LogP) is 8.57. The van der Waals surface area contributed by atoms with Gasteiger partial charge in [0.15, 0.2) is 0 Å². The maximum absolute atomic E-state index is 12.6. The topological polar surface area (TPSA) is 72.5 Å². The molecule has 0 saturated carbocycles. The number of ether oxygens (including phenoxy) is 6. The Labute approximate surface area is 288 Å². The summed E-state index contributed by atoms with van der Waals surface area (Å²) in [4.78, 5) is 12.6. The smallest absolute Gasteiger partial charge is 0.343 e. The monoisotopic (exact) mass is 658 g/mol. The fraction of sp³-hybridized carbons (Fsp3) is 0.262. The first-order valence-corrected chi connectivity index (χ1v) is 16.8. The van der Waals surface area contributed by atoms with Gasteiger partial charge in [0, 0.05) is 0 Å². The minimum atomic E-state index is -0.810. The highest BCUT2D eigenvalue weighted by atomic mass is 16.7. The van der Waals surface area contributed by atoms with E-state index in [2.05, 4.69) is 19.1 Å². The van der Waals surface area contributed by atoms with Gasteiger partial charge in [-0.05, 0) is 59.5 Å². The van der Waals surface area contributed by atoms with E-state index in [0.29, 0.717) is 36.9 Å². The Morgan fingerprint density at radius 1 is 0.551 bits per heavy atom. The Kier molecular flexibility index (Phi) is 12.2. The molecule has 6 rings (SSSR count). The van der Waals surface area contributed by atoms with Crippen LogP contribution in [0.3, 0.4) is 0 Å². The molecule has 7 heteroatoms. The van der Waals surface area contributed by atoms with Crippen LogP contribution in [-0.2, 0) is 38.8 Å². The van der Waals surface area contributed by atoms with Gasteiger partial charge in [-0.1, -0.05) is 123 Å². The highest BCUT2D eigenvalue weighted by molar-refractivity contribution is 5.90. The number of hydrogen-bond donors (Lipinski definition) is 0. The number of hydrogen-bond acceptors (Lipinski definition) is 7. The lowest BCUT2D eigenvalue weighted by Crippen LogP contribution is -2.61. The van der Waals surface area contributed by atoms with Crippen molar-refractivity contribution in [1.29, 1.82) is 0 Å². The largest absolute Gasteiger partial charge is 0.462 e. The average Bonchev–Trinajstić information content (AvgIpc) is 3.15. The minimum Gasteiger partial charge on any atom is -0.462 e. The molecule has 5 aromatic carbocycles. The van der Waals surface area contributed by atoms with Crippen molar-refractivity contribution >= 4 is 5.97 Å². The molecule has 0 spiro atoms. The molecular weight excluding hydrogens is 616 g/mol. The molecule has 1 heterocycles. The highest BCUT2D eigenvalue weighted by Gasteiger charge is 2.49. The molecule has 1 fully saturated rings. The van der Waals surface area contributed by atoms with Crippen LogP contribution in [0.25, 0.3) is 0 Å². The second kappa shape index (κ2) is 17.6. The molecule has 0 aromatic heterocycles. The molecule has 0 aliphatic carbocycles. The van der Waals surface area contributed by atoms with Gasteiger partial charge in [0.05, 0.1) is 31.5 Å². The van der Waals surface area contributed by atoms with Crippen molar-refractivity contribution in [3.8, 4) is 11.5 Å². The highest BCUT2D eigenvalue weighted by Crippen LogP contribution is 2.34. The number of carbonyl (C=O) groups is 1. The Balaban J connectivity index is 1.26. The second-order valence-electron chi connectivity index (χ2n) is 12.0. The molecule has 0 amide bonds.